The second kappa shape index (κ2) is 6.78. The van der Waals surface area contributed by atoms with Gasteiger partial charge in [-0.2, -0.15) is 0 Å². The quantitative estimate of drug-likeness (QED) is 0.425. The lowest BCUT2D eigenvalue weighted by atomic mass is 10.2. The molecule has 2 heterocycles. The molecule has 0 saturated carbocycles. The van der Waals surface area contributed by atoms with E-state index in [0.717, 1.165) is 28.4 Å². The van der Waals surface area contributed by atoms with Crippen LogP contribution >= 0.6 is 11.8 Å². The first-order valence-corrected chi connectivity index (χ1v) is 8.21. The number of benzene rings is 1. The van der Waals surface area contributed by atoms with E-state index in [2.05, 4.69) is 10.2 Å². The molecule has 0 bridgehead atoms. The summed E-state index contributed by atoms with van der Waals surface area (Å²) in [7, 11) is 0. The zero-order valence-corrected chi connectivity index (χ0v) is 13.8. The van der Waals surface area contributed by atoms with E-state index in [0.29, 0.717) is 17.6 Å². The molecule has 1 aromatic carbocycles. The number of aryl methyl sites for hydroxylation is 2. The van der Waals surface area contributed by atoms with E-state index in [4.69, 9.17) is 15.0 Å². The third-order valence-electron chi connectivity index (χ3n) is 3.43. The number of hydrogen-bond donors (Lipinski definition) is 1. The summed E-state index contributed by atoms with van der Waals surface area (Å²) in [5, 5.41) is 8.91. The summed E-state index contributed by atoms with van der Waals surface area (Å²) in [6.07, 6.45) is 1.61. The third kappa shape index (κ3) is 3.34. The Morgan fingerprint density at radius 1 is 1.22 bits per heavy atom. The summed E-state index contributed by atoms with van der Waals surface area (Å²) >= 11 is 1.50. The molecule has 0 fully saturated rings. The fourth-order valence-corrected chi connectivity index (χ4v) is 2.85. The van der Waals surface area contributed by atoms with Crippen molar-refractivity contribution in [3.63, 3.8) is 0 Å². The minimum atomic E-state index is 0.572. The fourth-order valence-electron chi connectivity index (χ4n) is 2.18. The molecule has 0 aliphatic carbocycles. The van der Waals surface area contributed by atoms with Crippen molar-refractivity contribution in [2.45, 2.75) is 19.0 Å². The Morgan fingerprint density at radius 3 is 2.78 bits per heavy atom. The maximum atomic E-state index is 6.07. The number of nitrogens with zero attached hydrogens (tertiary/aromatic N) is 3. The van der Waals surface area contributed by atoms with Gasteiger partial charge in [-0.1, -0.05) is 30.0 Å². The number of nitrogen functional groups attached to an aromatic ring is 1. The Hall–Kier alpha value is -2.41. The van der Waals surface area contributed by atoms with Gasteiger partial charge in [-0.3, -0.25) is 0 Å². The van der Waals surface area contributed by atoms with Gasteiger partial charge in [0.25, 0.3) is 0 Å². The Bertz CT molecular complexity index is 797. The Labute approximate surface area is 138 Å². The molecule has 0 spiro atoms. The highest BCUT2D eigenvalue weighted by Crippen LogP contribution is 2.25. The maximum absolute atomic E-state index is 6.07. The topological polar surface area (TPSA) is 79.1 Å². The highest BCUT2D eigenvalue weighted by Gasteiger charge is 2.15. The number of para-hydroxylation sites is 1. The van der Waals surface area contributed by atoms with Crippen LogP contribution < -0.4 is 10.6 Å². The van der Waals surface area contributed by atoms with Crippen LogP contribution in [-0.2, 0) is 0 Å². The lowest BCUT2D eigenvalue weighted by Gasteiger charge is -2.08. The van der Waals surface area contributed by atoms with Gasteiger partial charge in [0.05, 0.1) is 18.4 Å². The molecule has 23 heavy (non-hydrogen) atoms. The SMILES string of the molecule is Cc1ccccc1OCCSc1nnc(-c2ccoc2C)n1N. The summed E-state index contributed by atoms with van der Waals surface area (Å²) < 4.78 is 12.5. The van der Waals surface area contributed by atoms with E-state index in [9.17, 15) is 0 Å². The van der Waals surface area contributed by atoms with E-state index in [-0.39, 0.29) is 0 Å². The number of hydrogen-bond acceptors (Lipinski definition) is 6. The molecule has 0 unspecified atom stereocenters. The first-order valence-electron chi connectivity index (χ1n) is 7.23. The molecule has 120 valence electrons. The molecule has 0 aliphatic rings. The highest BCUT2D eigenvalue weighted by molar-refractivity contribution is 7.99. The normalized spacial score (nSPS) is 10.9. The van der Waals surface area contributed by atoms with E-state index >= 15 is 0 Å². The van der Waals surface area contributed by atoms with Crippen molar-refractivity contribution in [1.82, 2.24) is 14.9 Å². The van der Waals surface area contributed by atoms with Crippen molar-refractivity contribution >= 4 is 11.8 Å². The van der Waals surface area contributed by atoms with E-state index < -0.39 is 0 Å². The third-order valence-corrected chi connectivity index (χ3v) is 4.34. The molecule has 0 radical (unpaired) electrons. The van der Waals surface area contributed by atoms with E-state index in [1.165, 1.54) is 16.4 Å². The predicted octanol–water partition coefficient (Wildman–Crippen LogP) is 3.04. The van der Waals surface area contributed by atoms with Gasteiger partial charge in [0.1, 0.15) is 11.5 Å². The minimum Gasteiger partial charge on any atom is -0.492 e. The molecule has 2 aromatic heterocycles. The van der Waals surface area contributed by atoms with Crippen molar-refractivity contribution < 1.29 is 9.15 Å². The smallest absolute Gasteiger partial charge is 0.210 e. The van der Waals surface area contributed by atoms with Crippen LogP contribution in [0.2, 0.25) is 0 Å². The molecule has 0 atom stereocenters. The lowest BCUT2D eigenvalue weighted by molar-refractivity contribution is 0.341. The van der Waals surface area contributed by atoms with Gasteiger partial charge in [-0.05, 0) is 31.5 Å². The van der Waals surface area contributed by atoms with Gasteiger partial charge >= 0.3 is 0 Å². The molecule has 7 heteroatoms. The van der Waals surface area contributed by atoms with Gasteiger partial charge < -0.3 is 15.0 Å². The molecular formula is C16H18N4O2S. The zero-order chi connectivity index (χ0) is 16.2. The number of furan rings is 1. The summed E-state index contributed by atoms with van der Waals surface area (Å²) in [6.45, 7) is 4.47. The fraction of sp³-hybridized carbons (Fsp3) is 0.250. The number of thioether (sulfide) groups is 1. The van der Waals surface area contributed by atoms with Gasteiger partial charge in [0.15, 0.2) is 5.82 Å². The van der Waals surface area contributed by atoms with Crippen molar-refractivity contribution in [2.24, 2.45) is 0 Å². The first-order chi connectivity index (χ1) is 11.2. The number of aromatic nitrogens is 3. The first kappa shape index (κ1) is 15.5. The summed E-state index contributed by atoms with van der Waals surface area (Å²) in [6, 6.07) is 9.78. The van der Waals surface area contributed by atoms with Crippen molar-refractivity contribution in [3.05, 3.63) is 47.9 Å². The van der Waals surface area contributed by atoms with Crippen LogP contribution in [0.4, 0.5) is 0 Å². The molecule has 3 aromatic rings. The molecule has 2 N–H and O–H groups in total. The summed E-state index contributed by atoms with van der Waals surface area (Å²) in [5.41, 5.74) is 1.97. The largest absolute Gasteiger partial charge is 0.492 e. The second-order valence-corrected chi connectivity index (χ2v) is 6.09. The molecule has 6 nitrogen and oxygen atoms in total. The van der Waals surface area contributed by atoms with E-state index in [1.807, 2.05) is 44.2 Å². The van der Waals surface area contributed by atoms with Crippen LogP contribution in [0.25, 0.3) is 11.4 Å². The average Bonchev–Trinajstić information content (AvgIpc) is 3.11. The number of ether oxygens (including phenoxy) is 1. The second-order valence-electron chi connectivity index (χ2n) is 5.03. The monoisotopic (exact) mass is 330 g/mol. The number of rotatable bonds is 6. The van der Waals surface area contributed by atoms with Crippen molar-refractivity contribution in [2.75, 3.05) is 18.2 Å². The van der Waals surface area contributed by atoms with Crippen LogP contribution in [0.5, 0.6) is 5.75 Å². The highest BCUT2D eigenvalue weighted by atomic mass is 32.2. The van der Waals surface area contributed by atoms with Gasteiger partial charge in [0, 0.05) is 5.75 Å². The van der Waals surface area contributed by atoms with Crippen molar-refractivity contribution in [1.29, 1.82) is 0 Å². The molecular weight excluding hydrogens is 312 g/mol. The minimum absolute atomic E-state index is 0.572. The number of nitrogens with two attached hydrogens (primary N) is 1. The van der Waals surface area contributed by atoms with Crippen molar-refractivity contribution in [3.8, 4) is 17.1 Å². The van der Waals surface area contributed by atoms with Crippen LogP contribution in [0.1, 0.15) is 11.3 Å². The standard InChI is InChI=1S/C16H18N4O2S/c1-11-5-3-4-6-14(11)22-9-10-23-16-19-18-15(20(16)17)13-7-8-21-12(13)2/h3-8H,9-10,17H2,1-2H3. The van der Waals surface area contributed by atoms with Gasteiger partial charge in [-0.25, -0.2) is 4.68 Å². The maximum Gasteiger partial charge on any atom is 0.210 e. The van der Waals surface area contributed by atoms with Crippen LogP contribution in [0, 0.1) is 13.8 Å². The summed E-state index contributed by atoms with van der Waals surface area (Å²) in [5.74, 6) is 9.06. The Morgan fingerprint density at radius 2 is 2.04 bits per heavy atom. The predicted molar refractivity (Wildman–Crippen MR) is 90.0 cm³/mol. The van der Waals surface area contributed by atoms with E-state index in [1.54, 1.807) is 6.26 Å². The Kier molecular flexibility index (Phi) is 4.57. The lowest BCUT2D eigenvalue weighted by Crippen LogP contribution is -2.12. The van der Waals surface area contributed by atoms with Gasteiger partial charge in [0.2, 0.25) is 5.16 Å². The molecule has 0 aliphatic heterocycles. The molecule has 0 amide bonds. The molecule has 3 rings (SSSR count). The van der Waals surface area contributed by atoms with Gasteiger partial charge in [-0.15, -0.1) is 10.2 Å². The average molecular weight is 330 g/mol. The zero-order valence-electron chi connectivity index (χ0n) is 13.0. The Balaban J connectivity index is 1.58. The van der Waals surface area contributed by atoms with Crippen LogP contribution in [0.3, 0.4) is 0 Å². The molecule has 0 saturated heterocycles. The van der Waals surface area contributed by atoms with Crippen LogP contribution in [-0.4, -0.2) is 27.2 Å². The van der Waals surface area contributed by atoms with Crippen LogP contribution in [0.15, 0.2) is 46.2 Å². The summed E-state index contributed by atoms with van der Waals surface area (Å²) in [4.78, 5) is 0.